The lowest BCUT2D eigenvalue weighted by Gasteiger charge is -2.09. The molecule has 0 bridgehead atoms. The fourth-order valence-corrected chi connectivity index (χ4v) is 1.43. The molecule has 0 saturated carbocycles. The number of carbonyl (C=O) groups excluding carboxylic acids is 1. The first-order chi connectivity index (χ1) is 9.87. The van der Waals surface area contributed by atoms with E-state index in [0.717, 1.165) is 5.56 Å². The number of nitrogens with one attached hydrogen (secondary N) is 1. The minimum Gasteiger partial charge on any atom is -0.492 e. The third-order valence-corrected chi connectivity index (χ3v) is 2.45. The second-order valence-electron chi connectivity index (χ2n) is 4.43. The second kappa shape index (κ2) is 8.51. The molecule has 1 rings (SSSR count). The van der Waals surface area contributed by atoms with Crippen molar-refractivity contribution in [3.8, 4) is 5.75 Å². The average molecular weight is 305 g/mol. The molecule has 0 spiro atoms. The Labute approximate surface area is 121 Å². The first kappa shape index (κ1) is 17.3. The molecule has 4 nitrogen and oxygen atoms in total. The summed E-state index contributed by atoms with van der Waals surface area (Å²) < 4.78 is 45.0. The van der Waals surface area contributed by atoms with Crippen LogP contribution in [0.5, 0.6) is 5.75 Å². The molecule has 7 heteroatoms. The molecular formula is C14H18F3NO3. The number of amides is 1. The first-order valence-electron chi connectivity index (χ1n) is 6.47. The van der Waals surface area contributed by atoms with Gasteiger partial charge in [-0.05, 0) is 19.1 Å². The molecule has 0 atom stereocenters. The molecule has 0 aromatic heterocycles. The van der Waals surface area contributed by atoms with Crippen molar-refractivity contribution in [3.05, 3.63) is 29.8 Å². The zero-order valence-electron chi connectivity index (χ0n) is 11.7. The summed E-state index contributed by atoms with van der Waals surface area (Å²) in [7, 11) is 0. The molecule has 0 heterocycles. The Morgan fingerprint density at radius 1 is 1.19 bits per heavy atom. The third-order valence-electron chi connectivity index (χ3n) is 2.45. The van der Waals surface area contributed by atoms with Crippen LogP contribution in [0.4, 0.5) is 13.2 Å². The van der Waals surface area contributed by atoms with Gasteiger partial charge >= 0.3 is 6.18 Å². The van der Waals surface area contributed by atoms with Gasteiger partial charge in [0, 0.05) is 6.42 Å². The van der Waals surface area contributed by atoms with E-state index < -0.39 is 12.8 Å². The molecule has 0 radical (unpaired) electrons. The number of halogens is 3. The van der Waals surface area contributed by atoms with Gasteiger partial charge < -0.3 is 14.8 Å². The van der Waals surface area contributed by atoms with Crippen molar-refractivity contribution in [2.45, 2.75) is 19.5 Å². The molecule has 1 aromatic rings. The molecule has 1 N–H and O–H groups in total. The lowest BCUT2D eigenvalue weighted by Crippen LogP contribution is -2.29. The predicted octanol–water partition coefficient (Wildman–Crippen LogP) is 2.46. The molecule has 0 saturated heterocycles. The number of rotatable bonds is 8. The molecule has 0 aliphatic rings. The summed E-state index contributed by atoms with van der Waals surface area (Å²) in [5.41, 5.74) is 1.12. The highest BCUT2D eigenvalue weighted by Gasteiger charge is 2.27. The number of benzene rings is 1. The largest absolute Gasteiger partial charge is 0.492 e. The maximum Gasteiger partial charge on any atom is 0.411 e. The van der Waals surface area contributed by atoms with Crippen LogP contribution in [0.3, 0.4) is 0 Å². The maximum atomic E-state index is 11.8. The number of ether oxygens (including phenoxy) is 2. The topological polar surface area (TPSA) is 47.6 Å². The van der Waals surface area contributed by atoms with Crippen molar-refractivity contribution in [2.24, 2.45) is 0 Å². The van der Waals surface area contributed by atoms with Crippen molar-refractivity contribution in [1.82, 2.24) is 5.32 Å². The van der Waals surface area contributed by atoms with E-state index in [1.165, 1.54) is 0 Å². The van der Waals surface area contributed by atoms with Crippen molar-refractivity contribution < 1.29 is 27.4 Å². The second-order valence-corrected chi connectivity index (χ2v) is 4.43. The molecular weight excluding hydrogens is 287 g/mol. The van der Waals surface area contributed by atoms with E-state index in [0.29, 0.717) is 5.75 Å². The van der Waals surface area contributed by atoms with Crippen LogP contribution in [-0.4, -0.2) is 38.4 Å². The number of hydrogen-bond acceptors (Lipinski definition) is 3. The van der Waals surface area contributed by atoms with E-state index in [1.807, 2.05) is 31.2 Å². The SMILES string of the molecule is Cc1ccc(OCCNC(=O)CCOCC(F)(F)F)cc1. The van der Waals surface area contributed by atoms with E-state index in [1.54, 1.807) is 0 Å². The Kier molecular flexibility index (Phi) is 7.01. The normalized spacial score (nSPS) is 11.2. The van der Waals surface area contributed by atoms with Crippen molar-refractivity contribution in [1.29, 1.82) is 0 Å². The highest BCUT2D eigenvalue weighted by atomic mass is 19.4. The smallest absolute Gasteiger partial charge is 0.411 e. The molecule has 0 aliphatic heterocycles. The van der Waals surface area contributed by atoms with Gasteiger partial charge in [-0.25, -0.2) is 0 Å². The monoisotopic (exact) mass is 305 g/mol. The van der Waals surface area contributed by atoms with Crippen molar-refractivity contribution >= 4 is 5.91 Å². The molecule has 1 aromatic carbocycles. The average Bonchev–Trinajstić information content (AvgIpc) is 2.41. The van der Waals surface area contributed by atoms with Crippen molar-refractivity contribution in [3.63, 3.8) is 0 Å². The molecule has 0 fully saturated rings. The van der Waals surface area contributed by atoms with Crippen molar-refractivity contribution in [2.75, 3.05) is 26.4 Å². The Hall–Kier alpha value is -1.76. The lowest BCUT2D eigenvalue weighted by molar-refractivity contribution is -0.174. The zero-order chi connectivity index (χ0) is 15.7. The minimum atomic E-state index is -4.36. The first-order valence-corrected chi connectivity index (χ1v) is 6.47. The van der Waals surface area contributed by atoms with Gasteiger partial charge in [-0.2, -0.15) is 13.2 Å². The predicted molar refractivity (Wildman–Crippen MR) is 71.2 cm³/mol. The Morgan fingerprint density at radius 3 is 2.48 bits per heavy atom. The van der Waals surface area contributed by atoms with Crippen LogP contribution in [0.2, 0.25) is 0 Å². The van der Waals surface area contributed by atoms with E-state index >= 15 is 0 Å². The molecule has 0 unspecified atom stereocenters. The summed E-state index contributed by atoms with van der Waals surface area (Å²) in [6.07, 6.45) is -4.47. The van der Waals surface area contributed by atoms with Gasteiger partial charge in [0.15, 0.2) is 0 Å². The summed E-state index contributed by atoms with van der Waals surface area (Å²) in [6.45, 7) is 0.941. The van der Waals surface area contributed by atoms with Crippen LogP contribution in [0, 0.1) is 6.92 Å². The number of aryl methyl sites for hydroxylation is 1. The summed E-state index contributed by atoms with van der Waals surface area (Å²) in [4.78, 5) is 11.3. The van der Waals surface area contributed by atoms with Gasteiger partial charge in [-0.3, -0.25) is 4.79 Å². The fraction of sp³-hybridized carbons (Fsp3) is 0.500. The fourth-order valence-electron chi connectivity index (χ4n) is 1.43. The van der Waals surface area contributed by atoms with Gasteiger partial charge in [0.25, 0.3) is 0 Å². The standard InChI is InChI=1S/C14H18F3NO3/c1-11-2-4-12(5-3-11)21-9-7-18-13(19)6-8-20-10-14(15,16)17/h2-5H,6-10H2,1H3,(H,18,19). The van der Waals surface area contributed by atoms with Gasteiger partial charge in [-0.1, -0.05) is 17.7 Å². The van der Waals surface area contributed by atoms with E-state index in [2.05, 4.69) is 10.1 Å². The zero-order valence-corrected chi connectivity index (χ0v) is 11.7. The van der Waals surface area contributed by atoms with Crippen LogP contribution in [0.1, 0.15) is 12.0 Å². The van der Waals surface area contributed by atoms with Crippen LogP contribution < -0.4 is 10.1 Å². The summed E-state index contributed by atoms with van der Waals surface area (Å²) in [5, 5.41) is 2.54. The number of alkyl halides is 3. The van der Waals surface area contributed by atoms with Crippen LogP contribution >= 0.6 is 0 Å². The van der Waals surface area contributed by atoms with Crippen LogP contribution in [0.15, 0.2) is 24.3 Å². The maximum absolute atomic E-state index is 11.8. The van der Waals surface area contributed by atoms with E-state index in [4.69, 9.17) is 4.74 Å². The summed E-state index contributed by atoms with van der Waals surface area (Å²) in [5.74, 6) is 0.327. The van der Waals surface area contributed by atoms with Crippen LogP contribution in [0.25, 0.3) is 0 Å². The lowest BCUT2D eigenvalue weighted by atomic mass is 10.2. The molecule has 1 amide bonds. The Balaban J connectivity index is 2.04. The third kappa shape index (κ3) is 8.91. The van der Waals surface area contributed by atoms with E-state index in [9.17, 15) is 18.0 Å². The summed E-state index contributed by atoms with van der Waals surface area (Å²) >= 11 is 0. The Bertz CT molecular complexity index is 432. The number of hydrogen-bond donors (Lipinski definition) is 1. The number of carbonyl (C=O) groups is 1. The highest BCUT2D eigenvalue weighted by Crippen LogP contribution is 2.14. The van der Waals surface area contributed by atoms with E-state index in [-0.39, 0.29) is 32.1 Å². The Morgan fingerprint density at radius 2 is 1.86 bits per heavy atom. The van der Waals surface area contributed by atoms with Gasteiger partial charge in [0.05, 0.1) is 13.2 Å². The van der Waals surface area contributed by atoms with Gasteiger partial charge in [-0.15, -0.1) is 0 Å². The van der Waals surface area contributed by atoms with Gasteiger partial charge in [0.2, 0.25) is 5.91 Å². The minimum absolute atomic E-state index is 0.111. The molecule has 118 valence electrons. The summed E-state index contributed by atoms with van der Waals surface area (Å²) in [6, 6.07) is 7.46. The quantitative estimate of drug-likeness (QED) is 0.751. The molecule has 21 heavy (non-hydrogen) atoms. The van der Waals surface area contributed by atoms with Gasteiger partial charge in [0.1, 0.15) is 19.0 Å². The molecule has 0 aliphatic carbocycles. The highest BCUT2D eigenvalue weighted by molar-refractivity contribution is 5.75. The van der Waals surface area contributed by atoms with Crippen LogP contribution in [-0.2, 0) is 9.53 Å².